The summed E-state index contributed by atoms with van der Waals surface area (Å²) >= 11 is 0. The molecule has 0 unspecified atom stereocenters. The van der Waals surface area contributed by atoms with Crippen LogP contribution in [0.2, 0.25) is 0 Å². The first-order chi connectivity index (χ1) is 11.1. The Morgan fingerprint density at radius 1 is 1.04 bits per heavy atom. The Kier molecular flexibility index (Phi) is 5.62. The van der Waals surface area contributed by atoms with Crippen molar-refractivity contribution >= 4 is 23.7 Å². The fourth-order valence-corrected chi connectivity index (χ4v) is 1.94. The molecule has 2 rings (SSSR count). The molecule has 120 valence electrons. The number of rotatable bonds is 7. The summed E-state index contributed by atoms with van der Waals surface area (Å²) in [7, 11) is 0. The molecule has 0 saturated heterocycles. The molecule has 1 aromatic rings. The van der Waals surface area contributed by atoms with E-state index in [2.05, 4.69) is 5.32 Å². The molecule has 23 heavy (non-hydrogen) atoms. The van der Waals surface area contributed by atoms with Crippen molar-refractivity contribution in [2.24, 2.45) is 0 Å². The van der Waals surface area contributed by atoms with E-state index in [9.17, 15) is 19.2 Å². The average molecular weight is 316 g/mol. The van der Waals surface area contributed by atoms with E-state index in [-0.39, 0.29) is 32.0 Å². The molecule has 7 nitrogen and oxygen atoms in total. The molecule has 1 heterocycles. The summed E-state index contributed by atoms with van der Waals surface area (Å²) in [6, 6.07) is 8.53. The normalized spacial score (nSPS) is 13.3. The minimum Gasteiger partial charge on any atom is -0.460 e. The van der Waals surface area contributed by atoms with E-state index >= 15 is 0 Å². The van der Waals surface area contributed by atoms with Gasteiger partial charge in [-0.1, -0.05) is 18.2 Å². The first kappa shape index (κ1) is 16.4. The Labute approximate surface area is 132 Å². The fourth-order valence-electron chi connectivity index (χ4n) is 1.94. The molecule has 7 heteroatoms. The molecule has 0 aliphatic carbocycles. The van der Waals surface area contributed by atoms with Crippen LogP contribution in [0.25, 0.3) is 0 Å². The molecular weight excluding hydrogens is 300 g/mol. The van der Waals surface area contributed by atoms with Gasteiger partial charge in [0.15, 0.2) is 0 Å². The third kappa shape index (κ3) is 4.77. The summed E-state index contributed by atoms with van der Waals surface area (Å²) in [5, 5.41) is 2.56. The number of nitrogens with zero attached hydrogens (tertiary/aromatic N) is 1. The van der Waals surface area contributed by atoms with Gasteiger partial charge in [0.05, 0.1) is 12.1 Å². The second kappa shape index (κ2) is 7.88. The number of esters is 1. The average Bonchev–Trinajstić information content (AvgIpc) is 2.88. The molecule has 0 aromatic heterocycles. The fraction of sp³-hybridized carbons (Fsp3) is 0.250. The summed E-state index contributed by atoms with van der Waals surface area (Å²) in [6.07, 6.45) is 2.35. The van der Waals surface area contributed by atoms with E-state index < -0.39 is 17.8 Å². The van der Waals surface area contributed by atoms with Gasteiger partial charge in [-0.15, -0.1) is 0 Å². The highest BCUT2D eigenvalue weighted by Gasteiger charge is 2.23. The second-order valence-corrected chi connectivity index (χ2v) is 4.76. The predicted molar refractivity (Wildman–Crippen MR) is 80.2 cm³/mol. The first-order valence-corrected chi connectivity index (χ1v) is 7.10. The minimum atomic E-state index is -0.459. The molecule has 1 N–H and O–H groups in total. The van der Waals surface area contributed by atoms with Crippen molar-refractivity contribution in [2.75, 3.05) is 19.7 Å². The van der Waals surface area contributed by atoms with Crippen LogP contribution in [-0.2, 0) is 19.1 Å². The number of carbonyl (C=O) groups is 4. The standard InChI is InChI=1S/C16H16N2O5/c19-13(8-10-18-14(20)6-7-15(18)21)17-9-11-23-16(22)12-4-2-1-3-5-12/h1-7H,8-11H2,(H,17,19). The smallest absolute Gasteiger partial charge is 0.338 e. The van der Waals surface area contributed by atoms with Gasteiger partial charge < -0.3 is 10.1 Å². The van der Waals surface area contributed by atoms with Crippen LogP contribution in [-0.4, -0.2) is 48.3 Å². The summed E-state index contributed by atoms with van der Waals surface area (Å²) in [5.74, 6) is -1.62. The van der Waals surface area contributed by atoms with Crippen molar-refractivity contribution in [3.05, 3.63) is 48.0 Å². The highest BCUT2D eigenvalue weighted by Crippen LogP contribution is 2.04. The van der Waals surface area contributed by atoms with Gasteiger partial charge in [-0.2, -0.15) is 0 Å². The lowest BCUT2D eigenvalue weighted by Gasteiger charge is -2.13. The molecule has 3 amide bonds. The molecule has 0 atom stereocenters. The van der Waals surface area contributed by atoms with Gasteiger partial charge in [0.2, 0.25) is 5.91 Å². The second-order valence-electron chi connectivity index (χ2n) is 4.76. The number of amides is 3. The van der Waals surface area contributed by atoms with Gasteiger partial charge in [0, 0.05) is 25.1 Å². The molecule has 0 spiro atoms. The summed E-state index contributed by atoms with van der Waals surface area (Å²) < 4.78 is 5.01. The largest absolute Gasteiger partial charge is 0.460 e. The lowest BCUT2D eigenvalue weighted by molar-refractivity contribution is -0.137. The maximum Gasteiger partial charge on any atom is 0.338 e. The van der Waals surface area contributed by atoms with Gasteiger partial charge in [0.1, 0.15) is 6.61 Å². The maximum absolute atomic E-state index is 11.6. The predicted octanol–water partition coefficient (Wildman–Crippen LogP) is 0.275. The van der Waals surface area contributed by atoms with Gasteiger partial charge in [-0.05, 0) is 12.1 Å². The number of imide groups is 1. The van der Waals surface area contributed by atoms with Crippen LogP contribution in [0.3, 0.4) is 0 Å². The highest BCUT2D eigenvalue weighted by atomic mass is 16.5. The van der Waals surface area contributed by atoms with E-state index in [0.29, 0.717) is 5.56 Å². The maximum atomic E-state index is 11.6. The van der Waals surface area contributed by atoms with E-state index in [1.165, 1.54) is 12.2 Å². The summed E-state index contributed by atoms with van der Waals surface area (Å²) in [4.78, 5) is 46.8. The number of carbonyl (C=O) groups excluding carboxylic acids is 4. The number of nitrogens with one attached hydrogen (secondary N) is 1. The lowest BCUT2D eigenvalue weighted by Crippen LogP contribution is -2.35. The Balaban J connectivity index is 1.61. The number of hydrogen-bond acceptors (Lipinski definition) is 5. The van der Waals surface area contributed by atoms with Gasteiger partial charge in [-0.3, -0.25) is 19.3 Å². The zero-order chi connectivity index (χ0) is 16.7. The third-order valence-electron chi connectivity index (χ3n) is 3.13. The van der Waals surface area contributed by atoms with Crippen molar-refractivity contribution in [2.45, 2.75) is 6.42 Å². The van der Waals surface area contributed by atoms with E-state index in [0.717, 1.165) is 4.90 Å². The van der Waals surface area contributed by atoms with E-state index in [4.69, 9.17) is 4.74 Å². The number of ether oxygens (including phenoxy) is 1. The highest BCUT2D eigenvalue weighted by molar-refractivity contribution is 6.13. The van der Waals surface area contributed by atoms with Crippen LogP contribution in [0.4, 0.5) is 0 Å². The molecule has 0 bridgehead atoms. The Bertz CT molecular complexity index is 621. The van der Waals surface area contributed by atoms with Crippen LogP contribution in [0.15, 0.2) is 42.5 Å². The minimum absolute atomic E-state index is 0.00575. The topological polar surface area (TPSA) is 92.8 Å². The van der Waals surface area contributed by atoms with Crippen LogP contribution >= 0.6 is 0 Å². The molecule has 0 radical (unpaired) electrons. The quantitative estimate of drug-likeness (QED) is 0.443. The van der Waals surface area contributed by atoms with Crippen molar-refractivity contribution in [3.63, 3.8) is 0 Å². The molecule has 0 fully saturated rings. The lowest BCUT2D eigenvalue weighted by atomic mass is 10.2. The zero-order valence-corrected chi connectivity index (χ0v) is 12.4. The van der Waals surface area contributed by atoms with Crippen LogP contribution in [0.5, 0.6) is 0 Å². The molecule has 0 saturated carbocycles. The number of benzene rings is 1. The van der Waals surface area contributed by atoms with Gasteiger partial charge in [0.25, 0.3) is 11.8 Å². The Morgan fingerprint density at radius 2 is 1.70 bits per heavy atom. The van der Waals surface area contributed by atoms with Crippen LogP contribution in [0.1, 0.15) is 16.8 Å². The summed E-state index contributed by atoms with van der Waals surface area (Å²) in [5.41, 5.74) is 0.442. The Hall–Kier alpha value is -2.96. The number of hydrogen-bond donors (Lipinski definition) is 1. The molecule has 1 aromatic carbocycles. The van der Waals surface area contributed by atoms with Gasteiger partial charge >= 0.3 is 5.97 Å². The molecular formula is C16H16N2O5. The van der Waals surface area contributed by atoms with E-state index in [1.54, 1.807) is 30.3 Å². The van der Waals surface area contributed by atoms with Crippen LogP contribution in [0, 0.1) is 0 Å². The first-order valence-electron chi connectivity index (χ1n) is 7.10. The summed E-state index contributed by atoms with van der Waals surface area (Å²) in [6.45, 7) is 0.237. The SMILES string of the molecule is O=C(CCN1C(=O)C=CC1=O)NCCOC(=O)c1ccccc1. The molecule has 1 aliphatic rings. The van der Waals surface area contributed by atoms with E-state index in [1.807, 2.05) is 0 Å². The monoisotopic (exact) mass is 316 g/mol. The van der Waals surface area contributed by atoms with Crippen molar-refractivity contribution < 1.29 is 23.9 Å². The zero-order valence-electron chi connectivity index (χ0n) is 12.4. The van der Waals surface area contributed by atoms with Crippen molar-refractivity contribution in [1.29, 1.82) is 0 Å². The third-order valence-corrected chi connectivity index (χ3v) is 3.13. The van der Waals surface area contributed by atoms with Gasteiger partial charge in [-0.25, -0.2) is 4.79 Å². The molecule has 1 aliphatic heterocycles. The van der Waals surface area contributed by atoms with Crippen molar-refractivity contribution in [1.82, 2.24) is 10.2 Å². The Morgan fingerprint density at radius 3 is 2.35 bits per heavy atom. The van der Waals surface area contributed by atoms with Crippen molar-refractivity contribution in [3.8, 4) is 0 Å². The van der Waals surface area contributed by atoms with Crippen LogP contribution < -0.4 is 5.32 Å².